The van der Waals surface area contributed by atoms with Crippen molar-refractivity contribution in [2.24, 2.45) is 0 Å². The van der Waals surface area contributed by atoms with Crippen molar-refractivity contribution in [2.45, 2.75) is 20.0 Å². The molecule has 1 amide bonds. The molecule has 0 unspecified atom stereocenters. The predicted molar refractivity (Wildman–Crippen MR) is 102 cm³/mol. The number of benzene rings is 1. The van der Waals surface area contributed by atoms with Gasteiger partial charge in [0.2, 0.25) is 0 Å². The third kappa shape index (κ3) is 4.21. The molecule has 1 aromatic carbocycles. The number of rotatable bonds is 8. The Morgan fingerprint density at radius 1 is 1.19 bits per heavy atom. The van der Waals surface area contributed by atoms with Crippen molar-refractivity contribution >= 4 is 11.6 Å². The summed E-state index contributed by atoms with van der Waals surface area (Å²) in [7, 11) is 1.89. The van der Waals surface area contributed by atoms with Crippen LogP contribution in [0, 0.1) is 6.92 Å². The highest BCUT2D eigenvalue weighted by atomic mass is 16.5. The highest BCUT2D eigenvalue weighted by Gasteiger charge is 2.12. The first-order valence-corrected chi connectivity index (χ1v) is 8.77. The highest BCUT2D eigenvalue weighted by Crippen LogP contribution is 2.19. The van der Waals surface area contributed by atoms with Gasteiger partial charge in [-0.1, -0.05) is 18.2 Å². The molecule has 0 saturated carbocycles. The zero-order valence-corrected chi connectivity index (χ0v) is 15.2. The van der Waals surface area contributed by atoms with Crippen LogP contribution < -0.4 is 15.4 Å². The average Bonchev–Trinajstić information content (AvgIpc) is 3.08. The van der Waals surface area contributed by atoms with Crippen LogP contribution in [0.15, 0.2) is 48.8 Å². The predicted octanol–water partition coefficient (Wildman–Crippen LogP) is 2.56. The maximum Gasteiger partial charge on any atom is 0.255 e. The summed E-state index contributed by atoms with van der Waals surface area (Å²) in [6, 6.07) is 11.3. The fourth-order valence-corrected chi connectivity index (χ4v) is 2.77. The van der Waals surface area contributed by atoms with E-state index in [0.29, 0.717) is 24.5 Å². The molecular formula is C20H24N4O2. The van der Waals surface area contributed by atoms with Crippen LogP contribution in [-0.2, 0) is 6.61 Å². The number of nitrogens with one attached hydrogen (secondary N) is 2. The lowest BCUT2D eigenvalue weighted by Crippen LogP contribution is -2.27. The molecule has 0 aliphatic heterocycles. The van der Waals surface area contributed by atoms with Crippen molar-refractivity contribution in [1.82, 2.24) is 20.0 Å². The van der Waals surface area contributed by atoms with E-state index in [1.807, 2.05) is 61.1 Å². The summed E-state index contributed by atoms with van der Waals surface area (Å²) in [4.78, 5) is 17.0. The topological polar surface area (TPSA) is 67.7 Å². The van der Waals surface area contributed by atoms with Crippen LogP contribution in [0.2, 0.25) is 0 Å². The minimum atomic E-state index is -0.123. The lowest BCUT2D eigenvalue weighted by atomic mass is 10.2. The zero-order valence-electron chi connectivity index (χ0n) is 15.2. The van der Waals surface area contributed by atoms with Crippen LogP contribution in [0.3, 0.4) is 0 Å². The summed E-state index contributed by atoms with van der Waals surface area (Å²) in [6.07, 6.45) is 4.79. The molecule has 0 aliphatic rings. The molecule has 2 N–H and O–H groups in total. The van der Waals surface area contributed by atoms with Gasteiger partial charge in [-0.3, -0.25) is 4.79 Å². The maximum absolute atomic E-state index is 12.4. The normalized spacial score (nSPS) is 10.8. The molecule has 136 valence electrons. The lowest BCUT2D eigenvalue weighted by molar-refractivity contribution is 0.0948. The van der Waals surface area contributed by atoms with Gasteiger partial charge < -0.3 is 19.8 Å². The molecule has 6 nitrogen and oxygen atoms in total. The van der Waals surface area contributed by atoms with E-state index >= 15 is 0 Å². The van der Waals surface area contributed by atoms with Crippen LogP contribution in [0.4, 0.5) is 0 Å². The SMILES string of the molecule is CNCCCNC(=O)c1ccccc1OCc1cn2cccc(C)c2n1. The molecule has 3 rings (SSSR count). The lowest BCUT2D eigenvalue weighted by Gasteiger charge is -2.11. The van der Waals surface area contributed by atoms with E-state index in [4.69, 9.17) is 4.74 Å². The Morgan fingerprint density at radius 3 is 2.85 bits per heavy atom. The van der Waals surface area contributed by atoms with Crippen molar-refractivity contribution in [1.29, 1.82) is 0 Å². The Kier molecular flexibility index (Phi) is 5.86. The van der Waals surface area contributed by atoms with Gasteiger partial charge in [0.25, 0.3) is 5.91 Å². The van der Waals surface area contributed by atoms with Crippen molar-refractivity contribution in [3.63, 3.8) is 0 Å². The number of fused-ring (bicyclic) bond motifs is 1. The first kappa shape index (κ1) is 17.9. The molecule has 2 aromatic heterocycles. The molecule has 0 saturated heterocycles. The number of hydrogen-bond donors (Lipinski definition) is 2. The number of para-hydroxylation sites is 1. The van der Waals surface area contributed by atoms with Gasteiger partial charge in [-0.05, 0) is 50.7 Å². The molecule has 2 heterocycles. The number of hydrogen-bond acceptors (Lipinski definition) is 4. The van der Waals surface area contributed by atoms with E-state index in [1.165, 1.54) is 0 Å². The summed E-state index contributed by atoms with van der Waals surface area (Å²) in [6.45, 7) is 3.83. The number of amides is 1. The fraction of sp³-hybridized carbons (Fsp3) is 0.300. The van der Waals surface area contributed by atoms with Crippen molar-refractivity contribution < 1.29 is 9.53 Å². The smallest absolute Gasteiger partial charge is 0.255 e. The van der Waals surface area contributed by atoms with Crippen LogP contribution in [0.25, 0.3) is 5.65 Å². The molecule has 0 fully saturated rings. The standard InChI is InChI=1S/C20H24N4O2/c1-15-7-5-12-24-13-16(23-19(15)24)14-26-18-9-4-3-8-17(18)20(25)22-11-6-10-21-2/h3-5,7-9,12-13,21H,6,10-11,14H2,1-2H3,(H,22,25). The number of imidazole rings is 1. The van der Waals surface area contributed by atoms with Gasteiger partial charge in [0.1, 0.15) is 18.0 Å². The van der Waals surface area contributed by atoms with Gasteiger partial charge in [0.05, 0.1) is 11.3 Å². The van der Waals surface area contributed by atoms with Crippen LogP contribution in [-0.4, -0.2) is 35.4 Å². The number of carbonyl (C=O) groups excluding carboxylic acids is 1. The van der Waals surface area contributed by atoms with Crippen molar-refractivity contribution in [3.8, 4) is 5.75 Å². The fourth-order valence-electron chi connectivity index (χ4n) is 2.77. The Labute approximate surface area is 153 Å². The largest absolute Gasteiger partial charge is 0.486 e. The number of aromatic nitrogens is 2. The first-order chi connectivity index (χ1) is 12.7. The number of aryl methyl sites for hydroxylation is 1. The average molecular weight is 352 g/mol. The van der Waals surface area contributed by atoms with E-state index in [1.54, 1.807) is 6.07 Å². The highest BCUT2D eigenvalue weighted by molar-refractivity contribution is 5.96. The third-order valence-corrected chi connectivity index (χ3v) is 4.12. The Bertz CT molecular complexity index is 888. The van der Waals surface area contributed by atoms with Gasteiger partial charge >= 0.3 is 0 Å². The van der Waals surface area contributed by atoms with E-state index in [-0.39, 0.29) is 5.91 Å². The number of nitrogens with zero attached hydrogens (tertiary/aromatic N) is 2. The number of ether oxygens (including phenoxy) is 1. The molecule has 0 aliphatic carbocycles. The Balaban J connectivity index is 1.67. The summed E-state index contributed by atoms with van der Waals surface area (Å²) >= 11 is 0. The third-order valence-electron chi connectivity index (χ3n) is 4.12. The molecule has 6 heteroatoms. The maximum atomic E-state index is 12.4. The molecule has 3 aromatic rings. The van der Waals surface area contributed by atoms with E-state index in [9.17, 15) is 4.79 Å². The second-order valence-corrected chi connectivity index (χ2v) is 6.15. The monoisotopic (exact) mass is 352 g/mol. The summed E-state index contributed by atoms with van der Waals surface area (Å²) in [5, 5.41) is 5.98. The molecule has 0 radical (unpaired) electrons. The quantitative estimate of drug-likeness (QED) is 0.612. The summed E-state index contributed by atoms with van der Waals surface area (Å²) < 4.78 is 7.87. The summed E-state index contributed by atoms with van der Waals surface area (Å²) in [5.74, 6) is 0.440. The van der Waals surface area contributed by atoms with Crippen molar-refractivity contribution in [3.05, 3.63) is 65.6 Å². The molecular weight excluding hydrogens is 328 g/mol. The minimum Gasteiger partial charge on any atom is -0.486 e. The Hall–Kier alpha value is -2.86. The van der Waals surface area contributed by atoms with E-state index < -0.39 is 0 Å². The molecule has 0 bridgehead atoms. The minimum absolute atomic E-state index is 0.123. The van der Waals surface area contributed by atoms with Crippen LogP contribution in [0.1, 0.15) is 28.0 Å². The van der Waals surface area contributed by atoms with Crippen LogP contribution in [0.5, 0.6) is 5.75 Å². The van der Waals surface area contributed by atoms with Gasteiger partial charge in [0.15, 0.2) is 0 Å². The number of carbonyl (C=O) groups is 1. The van der Waals surface area contributed by atoms with Crippen molar-refractivity contribution in [2.75, 3.05) is 20.1 Å². The van der Waals surface area contributed by atoms with Gasteiger partial charge in [-0.2, -0.15) is 0 Å². The van der Waals surface area contributed by atoms with Gasteiger partial charge in [-0.25, -0.2) is 4.98 Å². The van der Waals surface area contributed by atoms with Gasteiger partial charge in [-0.15, -0.1) is 0 Å². The second-order valence-electron chi connectivity index (χ2n) is 6.15. The summed E-state index contributed by atoms with van der Waals surface area (Å²) in [5.41, 5.74) is 3.39. The van der Waals surface area contributed by atoms with E-state index in [2.05, 4.69) is 15.6 Å². The second kappa shape index (κ2) is 8.49. The molecule has 26 heavy (non-hydrogen) atoms. The molecule has 0 atom stereocenters. The van der Waals surface area contributed by atoms with Crippen LogP contribution >= 0.6 is 0 Å². The number of pyridine rings is 1. The first-order valence-electron chi connectivity index (χ1n) is 8.77. The zero-order chi connectivity index (χ0) is 18.4. The van der Waals surface area contributed by atoms with Gasteiger partial charge in [0, 0.05) is 18.9 Å². The van der Waals surface area contributed by atoms with E-state index in [0.717, 1.165) is 29.9 Å². The molecule has 0 spiro atoms. The Morgan fingerprint density at radius 2 is 2.04 bits per heavy atom.